The van der Waals surface area contributed by atoms with E-state index in [0.717, 1.165) is 12.1 Å². The number of aliphatic carboxylic acids is 1. The average Bonchev–Trinajstić information content (AvgIpc) is 3.14. The summed E-state index contributed by atoms with van der Waals surface area (Å²) in [6.45, 7) is 0.915. The second kappa shape index (κ2) is 6.35. The smallest absolute Gasteiger partial charge is 0.416 e. The molecule has 2 aliphatic rings. The van der Waals surface area contributed by atoms with E-state index in [1.54, 1.807) is 4.90 Å². The number of nitrogens with zero attached hydrogens (tertiary/aromatic N) is 3. The minimum absolute atomic E-state index is 0.152. The molecule has 1 amide bonds. The highest BCUT2D eigenvalue weighted by atomic mass is 19.4. The molecule has 1 unspecified atom stereocenters. The molecule has 1 N–H and O–H groups in total. The number of likely N-dealkylation sites (tertiary alicyclic amines) is 1. The molecule has 2 fully saturated rings. The van der Waals surface area contributed by atoms with Gasteiger partial charge in [0.15, 0.2) is 5.69 Å². The lowest BCUT2D eigenvalue weighted by atomic mass is 9.90. The number of carbonyl (C=O) groups is 2. The molecule has 1 atom stereocenters. The lowest BCUT2D eigenvalue weighted by molar-refractivity contribution is -0.140. The van der Waals surface area contributed by atoms with E-state index in [9.17, 15) is 22.8 Å². The van der Waals surface area contributed by atoms with Crippen LogP contribution in [0.1, 0.15) is 35.3 Å². The number of hydrogen-bond donors (Lipinski definition) is 1. The SMILES string of the molecule is O=C(O)C1CC12CCN(C(=O)c1ccn(-c3cccc(C(F)(F)F)c3)n1)CC2. The lowest BCUT2D eigenvalue weighted by Gasteiger charge is -2.32. The molecule has 4 rings (SSSR count). The summed E-state index contributed by atoms with van der Waals surface area (Å²) in [5.74, 6) is -1.39. The predicted octanol–water partition coefficient (Wildman–Crippen LogP) is 3.22. The van der Waals surface area contributed by atoms with Crippen molar-refractivity contribution in [3.05, 3.63) is 47.8 Å². The van der Waals surface area contributed by atoms with Crippen molar-refractivity contribution in [3.63, 3.8) is 0 Å². The molecular formula is C19H18F3N3O3. The third kappa shape index (κ3) is 3.25. The van der Waals surface area contributed by atoms with Gasteiger partial charge in [0, 0.05) is 19.3 Å². The maximum Gasteiger partial charge on any atom is 0.416 e. The second-order valence-corrected chi connectivity index (χ2v) is 7.44. The molecule has 0 bridgehead atoms. The Morgan fingerprint density at radius 2 is 1.89 bits per heavy atom. The highest BCUT2D eigenvalue weighted by Crippen LogP contribution is 2.59. The van der Waals surface area contributed by atoms with Crippen molar-refractivity contribution < 1.29 is 27.9 Å². The molecule has 1 aromatic carbocycles. The predicted molar refractivity (Wildman–Crippen MR) is 91.9 cm³/mol. The van der Waals surface area contributed by atoms with E-state index in [4.69, 9.17) is 5.11 Å². The Morgan fingerprint density at radius 1 is 1.18 bits per heavy atom. The Morgan fingerprint density at radius 3 is 2.50 bits per heavy atom. The van der Waals surface area contributed by atoms with Gasteiger partial charge in [0.05, 0.1) is 17.2 Å². The maximum absolute atomic E-state index is 12.9. The number of carbonyl (C=O) groups excluding carboxylic acids is 1. The van der Waals surface area contributed by atoms with Gasteiger partial charge in [-0.15, -0.1) is 0 Å². The number of hydrogen-bond acceptors (Lipinski definition) is 3. The number of aromatic nitrogens is 2. The van der Waals surface area contributed by atoms with Crippen LogP contribution >= 0.6 is 0 Å². The Kier molecular flexibility index (Phi) is 4.20. The molecule has 9 heteroatoms. The monoisotopic (exact) mass is 393 g/mol. The van der Waals surface area contributed by atoms with Crippen molar-refractivity contribution in [1.82, 2.24) is 14.7 Å². The van der Waals surface area contributed by atoms with Crippen LogP contribution in [0.3, 0.4) is 0 Å². The molecule has 6 nitrogen and oxygen atoms in total. The molecule has 1 saturated heterocycles. The fourth-order valence-electron chi connectivity index (χ4n) is 3.97. The summed E-state index contributed by atoms with van der Waals surface area (Å²) in [6, 6.07) is 6.21. The summed E-state index contributed by atoms with van der Waals surface area (Å²) in [4.78, 5) is 25.4. The van der Waals surface area contributed by atoms with Crippen LogP contribution in [0.15, 0.2) is 36.5 Å². The zero-order valence-corrected chi connectivity index (χ0v) is 14.8. The van der Waals surface area contributed by atoms with Gasteiger partial charge >= 0.3 is 12.1 Å². The molecule has 28 heavy (non-hydrogen) atoms. The molecule has 1 saturated carbocycles. The van der Waals surface area contributed by atoms with Crippen LogP contribution < -0.4 is 0 Å². The van der Waals surface area contributed by atoms with E-state index in [2.05, 4.69) is 5.10 Å². The van der Waals surface area contributed by atoms with Crippen molar-refractivity contribution in [2.24, 2.45) is 11.3 Å². The Balaban J connectivity index is 1.45. The first kappa shape index (κ1) is 18.5. The topological polar surface area (TPSA) is 75.4 Å². The summed E-state index contributed by atoms with van der Waals surface area (Å²) in [7, 11) is 0. The van der Waals surface area contributed by atoms with Gasteiger partial charge in [-0.1, -0.05) is 6.07 Å². The molecule has 2 heterocycles. The van der Waals surface area contributed by atoms with Crippen molar-refractivity contribution in [1.29, 1.82) is 0 Å². The molecule has 148 valence electrons. The number of rotatable bonds is 3. The summed E-state index contributed by atoms with van der Waals surface area (Å²) in [5, 5.41) is 13.3. The van der Waals surface area contributed by atoms with Crippen LogP contribution in [-0.2, 0) is 11.0 Å². The normalized spacial score (nSPS) is 21.0. The Labute approximate surface area is 158 Å². The molecule has 1 aliphatic carbocycles. The van der Waals surface area contributed by atoms with E-state index >= 15 is 0 Å². The number of amides is 1. The molecule has 1 aliphatic heterocycles. The number of carboxylic acid groups (broad SMARTS) is 1. The highest BCUT2D eigenvalue weighted by molar-refractivity contribution is 5.92. The Hall–Kier alpha value is -2.84. The van der Waals surface area contributed by atoms with Gasteiger partial charge in [-0.2, -0.15) is 18.3 Å². The minimum atomic E-state index is -4.46. The molecular weight excluding hydrogens is 375 g/mol. The van der Waals surface area contributed by atoms with Crippen LogP contribution in [0.25, 0.3) is 5.69 Å². The van der Waals surface area contributed by atoms with Gasteiger partial charge in [0.1, 0.15) is 0 Å². The number of carboxylic acids is 1. The third-order valence-corrected chi connectivity index (χ3v) is 5.78. The quantitative estimate of drug-likeness (QED) is 0.869. The summed E-state index contributed by atoms with van der Waals surface area (Å²) in [5.41, 5.74) is -0.597. The van der Waals surface area contributed by atoms with Crippen LogP contribution in [-0.4, -0.2) is 44.8 Å². The maximum atomic E-state index is 12.9. The van der Waals surface area contributed by atoms with Gasteiger partial charge in [-0.25, -0.2) is 4.68 Å². The largest absolute Gasteiger partial charge is 0.481 e. The molecule has 2 aromatic rings. The first-order valence-electron chi connectivity index (χ1n) is 8.95. The first-order valence-corrected chi connectivity index (χ1v) is 8.95. The van der Waals surface area contributed by atoms with Crippen LogP contribution in [0.5, 0.6) is 0 Å². The van der Waals surface area contributed by atoms with Crippen molar-refractivity contribution in [2.75, 3.05) is 13.1 Å². The van der Waals surface area contributed by atoms with Gasteiger partial charge < -0.3 is 10.0 Å². The highest BCUT2D eigenvalue weighted by Gasteiger charge is 2.59. The van der Waals surface area contributed by atoms with Gasteiger partial charge in [0.2, 0.25) is 0 Å². The fraction of sp³-hybridized carbons (Fsp3) is 0.421. The Bertz CT molecular complexity index is 930. The van der Waals surface area contributed by atoms with E-state index in [1.165, 1.54) is 29.1 Å². The zero-order valence-electron chi connectivity index (χ0n) is 14.8. The molecule has 0 radical (unpaired) electrons. The standard InChI is InChI=1S/C19H18F3N3O3/c20-19(21,22)12-2-1-3-13(10-12)25-7-4-15(23-25)16(26)24-8-5-18(6-9-24)11-14(18)17(27)28/h1-4,7,10,14H,5-6,8-9,11H2,(H,27,28). The minimum Gasteiger partial charge on any atom is -0.481 e. The van der Waals surface area contributed by atoms with Crippen molar-refractivity contribution >= 4 is 11.9 Å². The van der Waals surface area contributed by atoms with Crippen molar-refractivity contribution in [2.45, 2.75) is 25.4 Å². The summed E-state index contributed by atoms with van der Waals surface area (Å²) in [6.07, 6.45) is -1.06. The summed E-state index contributed by atoms with van der Waals surface area (Å²) >= 11 is 0. The van der Waals surface area contributed by atoms with Crippen LogP contribution in [0, 0.1) is 11.3 Å². The number of piperidine rings is 1. The van der Waals surface area contributed by atoms with Crippen LogP contribution in [0.2, 0.25) is 0 Å². The number of benzene rings is 1. The molecule has 1 aromatic heterocycles. The zero-order chi connectivity index (χ0) is 20.1. The van der Waals surface area contributed by atoms with Gasteiger partial charge in [-0.3, -0.25) is 9.59 Å². The average molecular weight is 393 g/mol. The van der Waals surface area contributed by atoms with E-state index in [0.29, 0.717) is 32.4 Å². The van der Waals surface area contributed by atoms with Gasteiger partial charge in [-0.05, 0) is 48.9 Å². The molecule has 1 spiro atoms. The number of halogens is 3. The third-order valence-electron chi connectivity index (χ3n) is 5.78. The number of alkyl halides is 3. The first-order chi connectivity index (χ1) is 13.2. The van der Waals surface area contributed by atoms with Gasteiger partial charge in [0.25, 0.3) is 5.91 Å². The summed E-state index contributed by atoms with van der Waals surface area (Å²) < 4.78 is 39.9. The van der Waals surface area contributed by atoms with E-state index in [-0.39, 0.29) is 28.6 Å². The second-order valence-electron chi connectivity index (χ2n) is 7.44. The van der Waals surface area contributed by atoms with E-state index in [1.807, 2.05) is 0 Å². The fourth-order valence-corrected chi connectivity index (χ4v) is 3.97. The lowest BCUT2D eigenvalue weighted by Crippen LogP contribution is -2.40. The van der Waals surface area contributed by atoms with Crippen molar-refractivity contribution in [3.8, 4) is 5.69 Å². The van der Waals surface area contributed by atoms with Crippen LogP contribution in [0.4, 0.5) is 13.2 Å². The van der Waals surface area contributed by atoms with E-state index < -0.39 is 17.7 Å².